The van der Waals surface area contributed by atoms with E-state index in [-0.39, 0.29) is 0 Å². The molecule has 0 radical (unpaired) electrons. The number of carboxylic acids is 1. The Kier molecular flexibility index (Phi) is 1.95. The lowest BCUT2D eigenvalue weighted by molar-refractivity contribution is -0.254. The minimum Gasteiger partial charge on any atom is -0.545 e. The molecule has 0 saturated heterocycles. The number of nitrogen functional groups attached to an aromatic ring is 1. The third-order valence-corrected chi connectivity index (χ3v) is 1.31. The van der Waals surface area contributed by atoms with Crippen molar-refractivity contribution in [2.75, 3.05) is 5.73 Å². The number of halogens is 2. The molecule has 0 aliphatic carbocycles. The van der Waals surface area contributed by atoms with Crippen LogP contribution in [0.1, 0.15) is 10.4 Å². The minimum atomic E-state index is -1.70. The van der Waals surface area contributed by atoms with E-state index >= 15 is 0 Å². The molecule has 64 valence electrons. The molecule has 2 N–H and O–H groups in total. The summed E-state index contributed by atoms with van der Waals surface area (Å²) in [5, 5.41) is 10.2. The van der Waals surface area contributed by atoms with E-state index in [9.17, 15) is 18.7 Å². The van der Waals surface area contributed by atoms with Gasteiger partial charge in [0.15, 0.2) is 0 Å². The molecule has 0 unspecified atom stereocenters. The average Bonchev–Trinajstić information content (AvgIpc) is 1.96. The number of carbonyl (C=O) groups is 1. The highest BCUT2D eigenvalue weighted by Gasteiger charge is 2.08. The van der Waals surface area contributed by atoms with E-state index in [4.69, 9.17) is 5.73 Å². The number of benzene rings is 1. The number of nitrogens with two attached hydrogens (primary N) is 1. The predicted octanol–water partition coefficient (Wildman–Crippen LogP) is -0.0895. The molecule has 1 rings (SSSR count). The van der Waals surface area contributed by atoms with Crippen LogP contribution in [0.4, 0.5) is 14.5 Å². The van der Waals surface area contributed by atoms with Crippen LogP contribution >= 0.6 is 0 Å². The molecule has 0 aliphatic rings. The molecule has 5 heteroatoms. The summed E-state index contributed by atoms with van der Waals surface area (Å²) in [5.74, 6) is -3.80. The molecule has 0 bridgehead atoms. The first kappa shape index (κ1) is 8.45. The van der Waals surface area contributed by atoms with Crippen molar-refractivity contribution in [3.63, 3.8) is 0 Å². The second-order valence-corrected chi connectivity index (χ2v) is 2.14. The number of hydrogen-bond acceptors (Lipinski definition) is 3. The van der Waals surface area contributed by atoms with Crippen LogP contribution in [0.25, 0.3) is 0 Å². The van der Waals surface area contributed by atoms with Gasteiger partial charge in [0, 0.05) is 11.6 Å². The Morgan fingerprint density at radius 2 is 2.00 bits per heavy atom. The van der Waals surface area contributed by atoms with Gasteiger partial charge in [-0.1, -0.05) is 0 Å². The van der Waals surface area contributed by atoms with Crippen LogP contribution in [-0.2, 0) is 0 Å². The summed E-state index contributed by atoms with van der Waals surface area (Å²) in [6, 6.07) is 1.11. The molecule has 0 atom stereocenters. The van der Waals surface area contributed by atoms with E-state index in [1.54, 1.807) is 0 Å². The van der Waals surface area contributed by atoms with E-state index in [0.717, 1.165) is 0 Å². The number of rotatable bonds is 1. The smallest absolute Gasteiger partial charge is 0.149 e. The van der Waals surface area contributed by atoms with Crippen molar-refractivity contribution in [3.8, 4) is 0 Å². The molecule has 0 amide bonds. The van der Waals surface area contributed by atoms with Crippen LogP contribution in [0.2, 0.25) is 0 Å². The van der Waals surface area contributed by atoms with E-state index in [1.165, 1.54) is 0 Å². The zero-order valence-corrected chi connectivity index (χ0v) is 5.80. The van der Waals surface area contributed by atoms with Gasteiger partial charge in [-0.3, -0.25) is 0 Å². The topological polar surface area (TPSA) is 66.2 Å². The predicted molar refractivity (Wildman–Crippen MR) is 35.1 cm³/mol. The van der Waals surface area contributed by atoms with Crippen molar-refractivity contribution in [2.45, 2.75) is 0 Å². The summed E-state index contributed by atoms with van der Waals surface area (Å²) in [7, 11) is 0. The van der Waals surface area contributed by atoms with Crippen molar-refractivity contribution in [1.29, 1.82) is 0 Å². The first-order valence-electron chi connectivity index (χ1n) is 2.98. The molecule has 0 aliphatic heterocycles. The summed E-state index contributed by atoms with van der Waals surface area (Å²) in [4.78, 5) is 10.2. The van der Waals surface area contributed by atoms with Gasteiger partial charge in [0.25, 0.3) is 0 Å². The third kappa shape index (κ3) is 1.34. The second kappa shape index (κ2) is 2.77. The van der Waals surface area contributed by atoms with Crippen molar-refractivity contribution >= 4 is 11.7 Å². The fourth-order valence-corrected chi connectivity index (χ4v) is 0.754. The fraction of sp³-hybridized carbons (Fsp3) is 0. The first-order chi connectivity index (χ1) is 5.52. The van der Waals surface area contributed by atoms with Crippen molar-refractivity contribution in [3.05, 3.63) is 29.3 Å². The molecule has 12 heavy (non-hydrogen) atoms. The molecular formula is C7H4F2NO2-. The van der Waals surface area contributed by atoms with Gasteiger partial charge in [0.2, 0.25) is 0 Å². The maximum atomic E-state index is 12.5. The van der Waals surface area contributed by atoms with E-state index in [0.29, 0.717) is 12.1 Å². The molecule has 0 saturated carbocycles. The Labute approximate surface area is 66.4 Å². The van der Waals surface area contributed by atoms with Crippen LogP contribution in [-0.4, -0.2) is 5.97 Å². The molecule has 3 nitrogen and oxygen atoms in total. The second-order valence-electron chi connectivity index (χ2n) is 2.14. The third-order valence-electron chi connectivity index (χ3n) is 1.31. The molecule has 1 aromatic carbocycles. The van der Waals surface area contributed by atoms with Crippen LogP contribution in [0, 0.1) is 11.6 Å². The highest BCUT2D eigenvalue weighted by Crippen LogP contribution is 2.17. The molecule has 1 aromatic rings. The minimum absolute atomic E-state index is 0.502. The Hall–Kier alpha value is -1.65. The zero-order chi connectivity index (χ0) is 9.30. The van der Waals surface area contributed by atoms with Gasteiger partial charge < -0.3 is 15.6 Å². The molecular weight excluding hydrogens is 168 g/mol. The van der Waals surface area contributed by atoms with Crippen molar-refractivity contribution in [1.82, 2.24) is 0 Å². The lowest BCUT2D eigenvalue weighted by atomic mass is 10.1. The van der Waals surface area contributed by atoms with Gasteiger partial charge in [-0.15, -0.1) is 0 Å². The zero-order valence-electron chi connectivity index (χ0n) is 5.80. The van der Waals surface area contributed by atoms with Crippen LogP contribution in [0.3, 0.4) is 0 Å². The normalized spacial score (nSPS) is 9.83. The number of hydrogen-bond donors (Lipinski definition) is 1. The summed E-state index contributed by atoms with van der Waals surface area (Å²) in [6.45, 7) is 0. The molecule has 0 fully saturated rings. The fourth-order valence-electron chi connectivity index (χ4n) is 0.754. The monoisotopic (exact) mass is 172 g/mol. The van der Waals surface area contributed by atoms with Crippen LogP contribution in [0.5, 0.6) is 0 Å². The van der Waals surface area contributed by atoms with Gasteiger partial charge in [-0.25, -0.2) is 8.78 Å². The van der Waals surface area contributed by atoms with Gasteiger partial charge in [0.05, 0.1) is 11.7 Å². The van der Waals surface area contributed by atoms with Crippen molar-refractivity contribution in [2.24, 2.45) is 0 Å². The SMILES string of the molecule is Nc1c(F)cc(F)cc1C(=O)[O-]. The average molecular weight is 172 g/mol. The first-order valence-corrected chi connectivity index (χ1v) is 2.98. The molecule has 0 spiro atoms. The Bertz CT molecular complexity index is 338. The largest absolute Gasteiger partial charge is 0.545 e. The lowest BCUT2D eigenvalue weighted by Gasteiger charge is -2.06. The quantitative estimate of drug-likeness (QED) is 0.602. The Morgan fingerprint density at radius 3 is 2.50 bits per heavy atom. The van der Waals surface area contributed by atoms with Crippen LogP contribution in [0.15, 0.2) is 12.1 Å². The van der Waals surface area contributed by atoms with Crippen LogP contribution < -0.4 is 10.8 Å². The lowest BCUT2D eigenvalue weighted by Crippen LogP contribution is -2.24. The number of carbonyl (C=O) groups excluding carboxylic acids is 1. The van der Waals surface area contributed by atoms with Gasteiger partial charge in [-0.05, 0) is 6.07 Å². The van der Waals surface area contributed by atoms with Gasteiger partial charge >= 0.3 is 0 Å². The summed E-state index contributed by atoms with van der Waals surface area (Å²) >= 11 is 0. The molecule has 0 aromatic heterocycles. The summed E-state index contributed by atoms with van der Waals surface area (Å²) in [5.41, 5.74) is 3.70. The maximum absolute atomic E-state index is 12.5. The Morgan fingerprint density at radius 1 is 1.42 bits per heavy atom. The standard InChI is InChI=1S/C7H5F2NO2/c8-3-1-4(7(11)12)6(10)5(9)2-3/h1-2H,10H2,(H,11,12)/p-1. The number of aromatic carboxylic acids is 1. The van der Waals surface area contributed by atoms with Gasteiger partial charge in [0.1, 0.15) is 11.6 Å². The number of carboxylic acid groups (broad SMARTS) is 1. The highest BCUT2D eigenvalue weighted by molar-refractivity contribution is 5.92. The molecule has 0 heterocycles. The van der Waals surface area contributed by atoms with E-state index < -0.39 is 28.9 Å². The highest BCUT2D eigenvalue weighted by atomic mass is 19.1. The van der Waals surface area contributed by atoms with Gasteiger partial charge in [-0.2, -0.15) is 0 Å². The summed E-state index contributed by atoms with van der Waals surface area (Å²) < 4.78 is 24.9. The number of anilines is 1. The maximum Gasteiger partial charge on any atom is 0.149 e. The van der Waals surface area contributed by atoms with E-state index in [1.807, 2.05) is 0 Å². The Balaban J connectivity index is 3.37. The summed E-state index contributed by atoms with van der Waals surface area (Å²) in [6.07, 6.45) is 0. The van der Waals surface area contributed by atoms with E-state index in [2.05, 4.69) is 0 Å². The van der Waals surface area contributed by atoms with Crippen molar-refractivity contribution < 1.29 is 18.7 Å².